The fraction of sp³-hybridized carbons (Fsp3) is 0.462. The van der Waals surface area contributed by atoms with E-state index in [-0.39, 0.29) is 11.5 Å². The SMILES string of the molecule is COC1(CNC(=O)c2ccc(NN)cc2)CCC1. The quantitative estimate of drug-likeness (QED) is 0.542. The highest BCUT2D eigenvalue weighted by Gasteiger charge is 2.37. The van der Waals surface area contributed by atoms with Crippen LogP contribution in [0.5, 0.6) is 0 Å². The maximum Gasteiger partial charge on any atom is 0.251 e. The number of rotatable bonds is 5. The summed E-state index contributed by atoms with van der Waals surface area (Å²) in [5, 5.41) is 2.91. The van der Waals surface area contributed by atoms with Crippen molar-refractivity contribution in [1.29, 1.82) is 0 Å². The largest absolute Gasteiger partial charge is 0.376 e. The van der Waals surface area contributed by atoms with Crippen molar-refractivity contribution < 1.29 is 9.53 Å². The van der Waals surface area contributed by atoms with Gasteiger partial charge in [-0.05, 0) is 43.5 Å². The lowest BCUT2D eigenvalue weighted by atomic mass is 9.80. The third kappa shape index (κ3) is 2.63. The highest BCUT2D eigenvalue weighted by molar-refractivity contribution is 5.94. The molecule has 1 aromatic carbocycles. The third-order valence-corrected chi connectivity index (χ3v) is 3.58. The zero-order valence-corrected chi connectivity index (χ0v) is 10.5. The van der Waals surface area contributed by atoms with Crippen molar-refractivity contribution in [3.05, 3.63) is 29.8 Å². The molecule has 4 N–H and O–H groups in total. The number of anilines is 1. The van der Waals surface area contributed by atoms with Crippen molar-refractivity contribution in [2.24, 2.45) is 5.84 Å². The van der Waals surface area contributed by atoms with Crippen LogP contribution in [-0.4, -0.2) is 25.2 Å². The van der Waals surface area contributed by atoms with E-state index in [1.54, 1.807) is 31.4 Å². The van der Waals surface area contributed by atoms with Crippen LogP contribution < -0.4 is 16.6 Å². The Hall–Kier alpha value is -1.59. The molecule has 0 bridgehead atoms. The van der Waals surface area contributed by atoms with E-state index in [0.29, 0.717) is 12.1 Å². The predicted molar refractivity (Wildman–Crippen MR) is 70.2 cm³/mol. The van der Waals surface area contributed by atoms with Crippen LogP contribution in [0.4, 0.5) is 5.69 Å². The first-order valence-corrected chi connectivity index (χ1v) is 6.09. The normalized spacial score (nSPS) is 16.8. The summed E-state index contributed by atoms with van der Waals surface area (Å²) in [5.41, 5.74) is 3.78. The van der Waals surface area contributed by atoms with Crippen molar-refractivity contribution in [1.82, 2.24) is 5.32 Å². The molecule has 0 radical (unpaired) electrons. The van der Waals surface area contributed by atoms with Crippen LogP contribution in [0.2, 0.25) is 0 Å². The molecular formula is C13H19N3O2. The number of benzene rings is 1. The van der Waals surface area contributed by atoms with Crippen molar-refractivity contribution in [2.45, 2.75) is 24.9 Å². The molecule has 0 unspecified atom stereocenters. The van der Waals surface area contributed by atoms with Gasteiger partial charge in [0, 0.05) is 24.9 Å². The Balaban J connectivity index is 1.90. The van der Waals surface area contributed by atoms with Gasteiger partial charge in [-0.3, -0.25) is 10.6 Å². The second kappa shape index (κ2) is 5.37. The maximum absolute atomic E-state index is 11.9. The first-order valence-electron chi connectivity index (χ1n) is 6.09. The van der Waals surface area contributed by atoms with Gasteiger partial charge >= 0.3 is 0 Å². The van der Waals surface area contributed by atoms with E-state index >= 15 is 0 Å². The van der Waals surface area contributed by atoms with Crippen LogP contribution in [0, 0.1) is 0 Å². The number of nitrogens with two attached hydrogens (primary N) is 1. The molecule has 1 aliphatic carbocycles. The Labute approximate surface area is 107 Å². The summed E-state index contributed by atoms with van der Waals surface area (Å²) < 4.78 is 5.46. The van der Waals surface area contributed by atoms with Crippen LogP contribution in [-0.2, 0) is 4.74 Å². The standard InChI is InChI=1S/C13H19N3O2/c1-18-13(7-2-8-13)9-15-12(17)10-3-5-11(16-14)6-4-10/h3-6,16H,2,7-9,14H2,1H3,(H,15,17). The molecule has 0 aromatic heterocycles. The summed E-state index contributed by atoms with van der Waals surface area (Å²) in [6.45, 7) is 0.569. The van der Waals surface area contributed by atoms with Gasteiger partial charge in [0.1, 0.15) is 0 Å². The Morgan fingerprint density at radius 2 is 2.06 bits per heavy atom. The summed E-state index contributed by atoms with van der Waals surface area (Å²) >= 11 is 0. The number of carbonyl (C=O) groups is 1. The molecule has 18 heavy (non-hydrogen) atoms. The molecule has 1 saturated carbocycles. The molecule has 98 valence electrons. The van der Waals surface area contributed by atoms with Crippen molar-refractivity contribution in [2.75, 3.05) is 19.1 Å². The summed E-state index contributed by atoms with van der Waals surface area (Å²) in [6, 6.07) is 7.02. The predicted octanol–water partition coefficient (Wildman–Crippen LogP) is 1.27. The minimum Gasteiger partial charge on any atom is -0.376 e. The van der Waals surface area contributed by atoms with Gasteiger partial charge in [-0.15, -0.1) is 0 Å². The number of nitrogens with one attached hydrogen (secondary N) is 2. The van der Waals surface area contributed by atoms with Gasteiger partial charge in [0.05, 0.1) is 5.60 Å². The van der Waals surface area contributed by atoms with Gasteiger partial charge in [0.25, 0.3) is 5.91 Å². The Bertz CT molecular complexity index is 407. The van der Waals surface area contributed by atoms with Gasteiger partial charge in [-0.1, -0.05) is 0 Å². The van der Waals surface area contributed by atoms with Crippen LogP contribution in [0.1, 0.15) is 29.6 Å². The topological polar surface area (TPSA) is 76.4 Å². The van der Waals surface area contributed by atoms with Crippen LogP contribution >= 0.6 is 0 Å². The molecule has 1 aliphatic rings. The lowest BCUT2D eigenvalue weighted by molar-refractivity contribution is -0.0679. The van der Waals surface area contributed by atoms with Gasteiger partial charge in [0.15, 0.2) is 0 Å². The molecule has 0 spiro atoms. The number of carbonyl (C=O) groups excluding carboxylic acids is 1. The number of methoxy groups -OCH3 is 1. The van der Waals surface area contributed by atoms with E-state index in [2.05, 4.69) is 10.7 Å². The summed E-state index contributed by atoms with van der Waals surface area (Å²) in [6.07, 6.45) is 3.19. The molecule has 5 nitrogen and oxygen atoms in total. The Kier molecular flexibility index (Phi) is 3.84. The number of hydrazine groups is 1. The van der Waals surface area contributed by atoms with Crippen LogP contribution in [0.25, 0.3) is 0 Å². The van der Waals surface area contributed by atoms with E-state index < -0.39 is 0 Å². The zero-order chi connectivity index (χ0) is 13.0. The minimum atomic E-state index is -0.144. The number of nitrogen functional groups attached to an aromatic ring is 1. The lowest BCUT2D eigenvalue weighted by Crippen LogP contribution is -2.49. The summed E-state index contributed by atoms with van der Waals surface area (Å²) in [4.78, 5) is 11.9. The average Bonchev–Trinajstić information content (AvgIpc) is 2.38. The fourth-order valence-corrected chi connectivity index (χ4v) is 2.09. The minimum absolute atomic E-state index is 0.0816. The van der Waals surface area contributed by atoms with Gasteiger partial charge in [-0.25, -0.2) is 0 Å². The number of hydrogen-bond donors (Lipinski definition) is 3. The second-order valence-corrected chi connectivity index (χ2v) is 4.65. The monoisotopic (exact) mass is 249 g/mol. The lowest BCUT2D eigenvalue weighted by Gasteiger charge is -2.40. The second-order valence-electron chi connectivity index (χ2n) is 4.65. The molecule has 0 aliphatic heterocycles. The van der Waals surface area contributed by atoms with Crippen LogP contribution in [0.15, 0.2) is 24.3 Å². The molecule has 1 fully saturated rings. The van der Waals surface area contributed by atoms with E-state index in [0.717, 1.165) is 18.5 Å². The van der Waals surface area contributed by atoms with E-state index in [4.69, 9.17) is 10.6 Å². The molecule has 1 amide bonds. The highest BCUT2D eigenvalue weighted by Crippen LogP contribution is 2.34. The molecule has 0 heterocycles. The van der Waals surface area contributed by atoms with E-state index in [1.807, 2.05) is 0 Å². The molecule has 1 aromatic rings. The highest BCUT2D eigenvalue weighted by atomic mass is 16.5. The van der Waals surface area contributed by atoms with Crippen LogP contribution in [0.3, 0.4) is 0 Å². The molecule has 0 atom stereocenters. The van der Waals surface area contributed by atoms with Crippen molar-refractivity contribution >= 4 is 11.6 Å². The Morgan fingerprint density at radius 1 is 1.39 bits per heavy atom. The molecular weight excluding hydrogens is 230 g/mol. The number of amides is 1. The maximum atomic E-state index is 11.9. The first-order chi connectivity index (χ1) is 8.69. The smallest absolute Gasteiger partial charge is 0.251 e. The van der Waals surface area contributed by atoms with Gasteiger partial charge < -0.3 is 15.5 Å². The van der Waals surface area contributed by atoms with E-state index in [9.17, 15) is 4.79 Å². The van der Waals surface area contributed by atoms with Gasteiger partial charge in [-0.2, -0.15) is 0 Å². The average molecular weight is 249 g/mol. The fourth-order valence-electron chi connectivity index (χ4n) is 2.09. The summed E-state index contributed by atoms with van der Waals surface area (Å²) in [7, 11) is 1.70. The molecule has 5 heteroatoms. The number of ether oxygens (including phenoxy) is 1. The van der Waals surface area contributed by atoms with Crippen molar-refractivity contribution in [3.63, 3.8) is 0 Å². The zero-order valence-electron chi connectivity index (χ0n) is 10.5. The first kappa shape index (κ1) is 12.9. The number of hydrogen-bond acceptors (Lipinski definition) is 4. The molecule has 0 saturated heterocycles. The van der Waals surface area contributed by atoms with Gasteiger partial charge in [0.2, 0.25) is 0 Å². The van der Waals surface area contributed by atoms with E-state index in [1.165, 1.54) is 6.42 Å². The third-order valence-electron chi connectivity index (χ3n) is 3.58. The Morgan fingerprint density at radius 3 is 2.50 bits per heavy atom. The molecule has 2 rings (SSSR count). The van der Waals surface area contributed by atoms with Crippen molar-refractivity contribution in [3.8, 4) is 0 Å². The summed E-state index contributed by atoms with van der Waals surface area (Å²) in [5.74, 6) is 5.19.